The van der Waals surface area contributed by atoms with Crippen molar-refractivity contribution >= 4 is 17.7 Å². The summed E-state index contributed by atoms with van der Waals surface area (Å²) in [4.78, 5) is 31.7. The summed E-state index contributed by atoms with van der Waals surface area (Å²) in [5.74, 6) is -0.0202. The topological polar surface area (TPSA) is 99.6 Å². The van der Waals surface area contributed by atoms with E-state index in [9.17, 15) is 20.0 Å². The van der Waals surface area contributed by atoms with Gasteiger partial charge in [-0.25, -0.2) is 4.79 Å². The Morgan fingerprint density at radius 1 is 1.08 bits per heavy atom. The minimum atomic E-state index is -0.783. The highest BCUT2D eigenvalue weighted by Gasteiger charge is 2.39. The number of carbonyl (C=O) groups excluding carboxylic acids is 2. The van der Waals surface area contributed by atoms with Crippen LogP contribution in [-0.4, -0.2) is 76.5 Å². The second-order valence-corrected chi connectivity index (χ2v) is 10.6. The third kappa shape index (κ3) is 5.02. The molecule has 1 saturated carbocycles. The number of anilines is 1. The number of amides is 2. The molecule has 2 aliphatic heterocycles. The van der Waals surface area contributed by atoms with Gasteiger partial charge in [0, 0.05) is 49.4 Å². The van der Waals surface area contributed by atoms with Crippen LogP contribution in [0.2, 0.25) is 0 Å². The number of benzene rings is 1. The second kappa shape index (κ2) is 10.9. The van der Waals surface area contributed by atoms with E-state index in [0.29, 0.717) is 38.1 Å². The van der Waals surface area contributed by atoms with Gasteiger partial charge in [0.05, 0.1) is 11.7 Å². The van der Waals surface area contributed by atoms with Crippen molar-refractivity contribution in [3.05, 3.63) is 46.7 Å². The first kappa shape index (κ1) is 25.2. The van der Waals surface area contributed by atoms with Crippen LogP contribution in [0.5, 0.6) is 0 Å². The lowest BCUT2D eigenvalue weighted by Gasteiger charge is -2.47. The Bertz CT molecular complexity index is 984. The average molecular weight is 498 g/mol. The summed E-state index contributed by atoms with van der Waals surface area (Å²) < 4.78 is 5.41. The number of rotatable bonds is 5. The number of hydroxylamine groups is 2. The molecule has 2 fully saturated rings. The van der Waals surface area contributed by atoms with Crippen molar-refractivity contribution in [1.82, 2.24) is 15.0 Å². The molecule has 1 saturated heterocycles. The SMILES string of the molecule is CN(C(=O)C1=CC(N([O-])O)C(N2CCC(N3C(=O)OCc4ccccc43)CC2)CC1)C1CCCCC1. The first-order valence-electron chi connectivity index (χ1n) is 13.3. The molecule has 1 aromatic carbocycles. The van der Waals surface area contributed by atoms with Gasteiger partial charge in [0.15, 0.2) is 0 Å². The van der Waals surface area contributed by atoms with Crippen LogP contribution < -0.4 is 4.90 Å². The summed E-state index contributed by atoms with van der Waals surface area (Å²) in [6.07, 6.45) is 9.68. The van der Waals surface area contributed by atoms with Gasteiger partial charge in [0.25, 0.3) is 0 Å². The number of fused-ring (bicyclic) bond motifs is 1. The molecule has 2 amide bonds. The molecule has 4 aliphatic rings. The summed E-state index contributed by atoms with van der Waals surface area (Å²) in [5, 5.41) is 22.2. The van der Waals surface area contributed by atoms with Gasteiger partial charge < -0.3 is 20.1 Å². The van der Waals surface area contributed by atoms with E-state index in [-0.39, 0.29) is 35.4 Å². The fourth-order valence-electron chi connectivity index (χ4n) is 6.52. The zero-order valence-electron chi connectivity index (χ0n) is 21.1. The van der Waals surface area contributed by atoms with Gasteiger partial charge >= 0.3 is 6.09 Å². The summed E-state index contributed by atoms with van der Waals surface area (Å²) in [6.45, 7) is 1.70. The zero-order chi connectivity index (χ0) is 25.2. The lowest BCUT2D eigenvalue weighted by Crippen LogP contribution is -2.56. The molecule has 0 radical (unpaired) electrons. The summed E-state index contributed by atoms with van der Waals surface area (Å²) >= 11 is 0. The first-order valence-corrected chi connectivity index (χ1v) is 13.3. The van der Waals surface area contributed by atoms with Crippen molar-refractivity contribution in [2.75, 3.05) is 25.0 Å². The lowest BCUT2D eigenvalue weighted by atomic mass is 9.87. The number of para-hydroxylation sites is 1. The monoisotopic (exact) mass is 497 g/mol. The van der Waals surface area contributed by atoms with E-state index in [0.717, 1.165) is 49.8 Å². The number of ether oxygens (including phenoxy) is 1. The van der Waals surface area contributed by atoms with Gasteiger partial charge in [0.2, 0.25) is 5.91 Å². The molecular weight excluding hydrogens is 460 g/mol. The van der Waals surface area contributed by atoms with Gasteiger partial charge in [-0.15, -0.1) is 0 Å². The van der Waals surface area contributed by atoms with Crippen LogP contribution in [0.15, 0.2) is 35.9 Å². The van der Waals surface area contributed by atoms with Crippen molar-refractivity contribution in [3.63, 3.8) is 0 Å². The highest BCUT2D eigenvalue weighted by Crippen LogP contribution is 2.34. The molecule has 1 aromatic rings. The fraction of sp³-hybridized carbons (Fsp3) is 0.630. The average Bonchev–Trinajstić information content (AvgIpc) is 2.92. The van der Waals surface area contributed by atoms with E-state index in [1.807, 2.05) is 36.2 Å². The maximum atomic E-state index is 13.2. The first-order chi connectivity index (χ1) is 17.4. The maximum absolute atomic E-state index is 13.2. The molecule has 1 N–H and O–H groups in total. The highest BCUT2D eigenvalue weighted by atomic mass is 16.8. The van der Waals surface area contributed by atoms with Gasteiger partial charge in [-0.3, -0.25) is 19.8 Å². The van der Waals surface area contributed by atoms with Crippen LogP contribution in [0.3, 0.4) is 0 Å². The zero-order valence-corrected chi connectivity index (χ0v) is 21.1. The largest absolute Gasteiger partial charge is 0.762 e. The van der Waals surface area contributed by atoms with Crippen LogP contribution >= 0.6 is 0 Å². The molecule has 2 heterocycles. The predicted molar refractivity (Wildman–Crippen MR) is 135 cm³/mol. The Hall–Kier alpha value is -2.46. The number of piperidine rings is 1. The molecular formula is C27H37N4O5-. The van der Waals surface area contributed by atoms with Crippen LogP contribution in [0, 0.1) is 5.21 Å². The molecule has 0 spiro atoms. The molecule has 196 valence electrons. The van der Waals surface area contributed by atoms with E-state index >= 15 is 0 Å². The second-order valence-electron chi connectivity index (χ2n) is 10.6. The Kier molecular flexibility index (Phi) is 7.62. The van der Waals surface area contributed by atoms with Crippen molar-refractivity contribution in [2.45, 2.75) is 88.6 Å². The normalized spacial score (nSPS) is 26.4. The van der Waals surface area contributed by atoms with Gasteiger partial charge in [-0.2, -0.15) is 0 Å². The number of likely N-dealkylation sites (N-methyl/N-ethyl adjacent to an activating group) is 1. The third-order valence-corrected chi connectivity index (χ3v) is 8.58. The summed E-state index contributed by atoms with van der Waals surface area (Å²) in [5.41, 5.74) is 2.55. The van der Waals surface area contributed by atoms with Gasteiger partial charge in [0.1, 0.15) is 6.61 Å². The quantitative estimate of drug-likeness (QED) is 0.613. The third-order valence-electron chi connectivity index (χ3n) is 8.58. The molecule has 2 atom stereocenters. The van der Waals surface area contributed by atoms with Crippen LogP contribution in [0.4, 0.5) is 10.5 Å². The highest BCUT2D eigenvalue weighted by molar-refractivity contribution is 5.94. The number of nitrogens with zero attached hydrogens (tertiary/aromatic N) is 4. The molecule has 36 heavy (non-hydrogen) atoms. The van der Waals surface area contributed by atoms with Crippen molar-refractivity contribution in [2.24, 2.45) is 0 Å². The van der Waals surface area contributed by atoms with Crippen molar-refractivity contribution in [3.8, 4) is 0 Å². The van der Waals surface area contributed by atoms with Crippen molar-refractivity contribution in [1.29, 1.82) is 0 Å². The Morgan fingerprint density at radius 3 is 2.53 bits per heavy atom. The van der Waals surface area contributed by atoms with E-state index < -0.39 is 6.04 Å². The standard InChI is InChI=1S/C27H37N4O5/c1-28(21-8-3-2-4-9-21)26(32)19-11-12-24(25(17-19)31(34)35)29-15-13-22(14-16-29)30-23-10-6-5-7-20(23)18-36-27(30)33/h5-7,10,17,21-22,24-25,34H,2-4,8-9,11-16,18H2,1H3/q-1. The Morgan fingerprint density at radius 2 is 1.81 bits per heavy atom. The van der Waals surface area contributed by atoms with Crippen LogP contribution in [-0.2, 0) is 16.1 Å². The maximum Gasteiger partial charge on any atom is 0.414 e. The fourth-order valence-corrected chi connectivity index (χ4v) is 6.52. The predicted octanol–water partition coefficient (Wildman–Crippen LogP) is 4.05. The van der Waals surface area contributed by atoms with E-state index in [1.54, 1.807) is 11.0 Å². The van der Waals surface area contributed by atoms with Crippen LogP contribution in [0.1, 0.15) is 63.4 Å². The van der Waals surface area contributed by atoms with Crippen LogP contribution in [0.25, 0.3) is 0 Å². The molecule has 0 aromatic heterocycles. The Labute approximate surface area is 212 Å². The molecule has 5 rings (SSSR count). The van der Waals surface area contributed by atoms with Gasteiger partial charge in [-0.05, 0) is 44.6 Å². The van der Waals surface area contributed by atoms with Gasteiger partial charge in [-0.1, -0.05) is 43.5 Å². The number of carbonyl (C=O) groups is 2. The van der Waals surface area contributed by atoms with E-state index in [4.69, 9.17) is 4.74 Å². The van der Waals surface area contributed by atoms with E-state index in [1.165, 1.54) is 6.42 Å². The molecule has 2 aliphatic carbocycles. The summed E-state index contributed by atoms with van der Waals surface area (Å²) in [6, 6.07) is 7.15. The Balaban J connectivity index is 1.24. The molecule has 2 unspecified atom stereocenters. The number of cyclic esters (lactones) is 1. The number of hydrogen-bond acceptors (Lipinski definition) is 7. The molecule has 9 nitrogen and oxygen atoms in total. The van der Waals surface area contributed by atoms with E-state index in [2.05, 4.69) is 4.90 Å². The smallest absolute Gasteiger partial charge is 0.414 e. The number of likely N-dealkylation sites (tertiary alicyclic amines) is 1. The minimum Gasteiger partial charge on any atom is -0.762 e. The van der Waals surface area contributed by atoms with Crippen molar-refractivity contribution < 1.29 is 19.5 Å². The molecule has 0 bridgehead atoms. The summed E-state index contributed by atoms with van der Waals surface area (Å²) in [7, 11) is 1.86. The molecule has 9 heteroatoms. The number of hydrogen-bond donors (Lipinski definition) is 1. The minimum absolute atomic E-state index is 0.0159. The lowest BCUT2D eigenvalue weighted by molar-refractivity contribution is -0.129.